The number of hydrogen-bond acceptors (Lipinski definition) is 6. The fraction of sp³-hybridized carbons (Fsp3) is 0.379. The molecule has 1 aromatic heterocycles. The highest BCUT2D eigenvalue weighted by molar-refractivity contribution is 9.10. The van der Waals surface area contributed by atoms with Crippen molar-refractivity contribution in [2.24, 2.45) is 0 Å². The highest BCUT2D eigenvalue weighted by Crippen LogP contribution is 2.67. The zero-order valence-electron chi connectivity index (χ0n) is 20.6. The van der Waals surface area contributed by atoms with Gasteiger partial charge in [0.25, 0.3) is 0 Å². The number of aliphatic hydroxyl groups is 1. The van der Waals surface area contributed by atoms with Crippen molar-refractivity contribution in [3.63, 3.8) is 0 Å². The monoisotopic (exact) mass is 547 g/mol. The van der Waals surface area contributed by atoms with Gasteiger partial charge in [0.2, 0.25) is 5.88 Å². The van der Waals surface area contributed by atoms with Crippen LogP contribution < -0.4 is 9.47 Å². The van der Waals surface area contributed by atoms with Crippen molar-refractivity contribution in [3.8, 4) is 17.7 Å². The Hall–Kier alpha value is -2.92. The smallest absolute Gasteiger partial charge is 0.224 e. The molecular weight excluding hydrogens is 518 g/mol. The van der Waals surface area contributed by atoms with Gasteiger partial charge in [0.05, 0.1) is 12.7 Å². The molecule has 7 heteroatoms. The number of ether oxygens (including phenoxy) is 2. The SMILES string of the molecule is CN1CCCC1.COc1nc(C#N)cc2c1C1(O)CCC(c3ccccc3)C1(c1ccc(Br)cc1)O2. The standard InChI is InChI=1S/C24H19BrN2O3.C5H11N/c1-29-22-21-20(13-18(14-26)27-22)30-24(16-7-9-17(25)10-8-16)19(11-12-23(21,24)28)15-5-3-2-4-6-15;1-6-4-2-3-5-6/h2-10,13,19,28H,11-12H2,1H3;2-5H2,1H3. The number of hydrogen-bond donors (Lipinski definition) is 1. The van der Waals surface area contributed by atoms with Gasteiger partial charge in [-0.2, -0.15) is 5.26 Å². The van der Waals surface area contributed by atoms with E-state index in [2.05, 4.69) is 51.1 Å². The van der Waals surface area contributed by atoms with E-state index >= 15 is 0 Å². The van der Waals surface area contributed by atoms with Gasteiger partial charge >= 0.3 is 0 Å². The van der Waals surface area contributed by atoms with Crippen LogP contribution in [0.3, 0.4) is 0 Å². The zero-order chi connectivity index (χ0) is 25.3. The van der Waals surface area contributed by atoms with Gasteiger partial charge in [-0.15, -0.1) is 0 Å². The lowest BCUT2D eigenvalue weighted by molar-refractivity contribution is -0.106. The average Bonchev–Trinajstić information content (AvgIpc) is 3.56. The van der Waals surface area contributed by atoms with Crippen molar-refractivity contribution in [1.29, 1.82) is 5.26 Å². The molecule has 1 aliphatic carbocycles. The number of nitrogens with zero attached hydrogens (tertiary/aromatic N) is 3. The number of aromatic nitrogens is 1. The predicted molar refractivity (Wildman–Crippen MR) is 141 cm³/mol. The molecule has 3 aromatic rings. The molecule has 2 aromatic carbocycles. The Morgan fingerprint density at radius 1 is 1.14 bits per heavy atom. The molecule has 0 radical (unpaired) electrons. The fourth-order valence-electron chi connectivity index (χ4n) is 5.99. The van der Waals surface area contributed by atoms with Crippen molar-refractivity contribution >= 4 is 15.9 Å². The molecule has 186 valence electrons. The van der Waals surface area contributed by atoms with Crippen LogP contribution in [0.5, 0.6) is 11.6 Å². The van der Waals surface area contributed by atoms with Crippen molar-refractivity contribution in [2.75, 3.05) is 27.2 Å². The maximum absolute atomic E-state index is 12.2. The van der Waals surface area contributed by atoms with Gasteiger partial charge in [-0.05, 0) is 69.1 Å². The molecular formula is C29H30BrN3O3. The van der Waals surface area contributed by atoms with Gasteiger partial charge in [-0.3, -0.25) is 0 Å². The fourth-order valence-corrected chi connectivity index (χ4v) is 6.26. The van der Waals surface area contributed by atoms with Gasteiger partial charge < -0.3 is 19.5 Å². The lowest BCUT2D eigenvalue weighted by Gasteiger charge is -2.40. The van der Waals surface area contributed by atoms with Crippen molar-refractivity contribution in [2.45, 2.75) is 42.8 Å². The molecule has 0 spiro atoms. The molecule has 0 bridgehead atoms. The normalized spacial score (nSPS) is 26.2. The second-order valence-corrected chi connectivity index (χ2v) is 10.6. The first-order valence-corrected chi connectivity index (χ1v) is 13.1. The number of benzene rings is 2. The van der Waals surface area contributed by atoms with E-state index in [1.807, 2.05) is 42.5 Å². The van der Waals surface area contributed by atoms with Gasteiger partial charge in [0.15, 0.2) is 5.60 Å². The summed E-state index contributed by atoms with van der Waals surface area (Å²) in [5.41, 5.74) is 0.276. The van der Waals surface area contributed by atoms with Gasteiger partial charge in [-0.1, -0.05) is 58.4 Å². The van der Waals surface area contributed by atoms with E-state index in [0.717, 1.165) is 22.0 Å². The van der Waals surface area contributed by atoms with E-state index in [1.54, 1.807) is 6.07 Å². The predicted octanol–water partition coefficient (Wildman–Crippen LogP) is 5.49. The molecule has 2 aliphatic heterocycles. The Bertz CT molecular complexity index is 1270. The Labute approximate surface area is 220 Å². The largest absolute Gasteiger partial charge is 0.481 e. The third kappa shape index (κ3) is 3.98. The van der Waals surface area contributed by atoms with Crippen LogP contribution in [-0.2, 0) is 11.2 Å². The number of nitriles is 1. The summed E-state index contributed by atoms with van der Waals surface area (Å²) in [6.07, 6.45) is 4.05. The van der Waals surface area contributed by atoms with E-state index in [-0.39, 0.29) is 17.5 Å². The van der Waals surface area contributed by atoms with Crippen LogP contribution in [0.25, 0.3) is 0 Å². The van der Waals surface area contributed by atoms with Crippen LogP contribution in [0.1, 0.15) is 54.0 Å². The first kappa shape index (κ1) is 24.8. The molecule has 3 atom stereocenters. The van der Waals surface area contributed by atoms with Crippen LogP contribution in [0.15, 0.2) is 65.1 Å². The van der Waals surface area contributed by atoms with Crippen molar-refractivity contribution < 1.29 is 14.6 Å². The summed E-state index contributed by atoms with van der Waals surface area (Å²) in [5.74, 6) is 0.594. The quantitative estimate of drug-likeness (QED) is 0.467. The first-order valence-electron chi connectivity index (χ1n) is 12.3. The second kappa shape index (κ2) is 9.85. The van der Waals surface area contributed by atoms with E-state index in [4.69, 9.17) is 9.47 Å². The van der Waals surface area contributed by atoms with Gasteiger partial charge in [0.1, 0.15) is 23.1 Å². The maximum Gasteiger partial charge on any atom is 0.224 e. The number of rotatable bonds is 3. The van der Waals surface area contributed by atoms with E-state index in [9.17, 15) is 10.4 Å². The van der Waals surface area contributed by atoms with Crippen LogP contribution in [0.4, 0.5) is 0 Å². The third-order valence-electron chi connectivity index (χ3n) is 7.65. The molecule has 1 saturated heterocycles. The van der Waals surface area contributed by atoms with Crippen molar-refractivity contribution in [3.05, 3.63) is 87.5 Å². The summed E-state index contributed by atoms with van der Waals surface area (Å²) in [7, 11) is 3.67. The van der Waals surface area contributed by atoms with Crippen LogP contribution >= 0.6 is 15.9 Å². The summed E-state index contributed by atoms with van der Waals surface area (Å²) < 4.78 is 13.1. The summed E-state index contributed by atoms with van der Waals surface area (Å²) in [4.78, 5) is 6.65. The summed E-state index contributed by atoms with van der Waals surface area (Å²) in [6, 6.07) is 21.6. The van der Waals surface area contributed by atoms with Crippen molar-refractivity contribution in [1.82, 2.24) is 9.88 Å². The minimum absolute atomic E-state index is 0.0903. The van der Waals surface area contributed by atoms with E-state index in [1.165, 1.54) is 33.0 Å². The number of pyridine rings is 1. The number of methoxy groups -OCH3 is 1. The Morgan fingerprint density at radius 2 is 1.83 bits per heavy atom. The zero-order valence-corrected chi connectivity index (χ0v) is 22.2. The molecule has 36 heavy (non-hydrogen) atoms. The molecule has 1 N–H and O–H groups in total. The van der Waals surface area contributed by atoms with Crippen LogP contribution in [-0.4, -0.2) is 42.2 Å². The van der Waals surface area contributed by atoms with E-state index < -0.39 is 11.2 Å². The van der Waals surface area contributed by atoms with Gasteiger partial charge in [-0.25, -0.2) is 4.98 Å². The van der Waals surface area contributed by atoms with Crippen LogP contribution in [0.2, 0.25) is 0 Å². The first-order chi connectivity index (χ1) is 17.4. The maximum atomic E-state index is 12.2. The number of halogens is 1. The molecule has 3 unspecified atom stereocenters. The summed E-state index contributed by atoms with van der Waals surface area (Å²) in [5, 5.41) is 21.6. The lowest BCUT2D eigenvalue weighted by Crippen LogP contribution is -2.48. The molecule has 0 amide bonds. The second-order valence-electron chi connectivity index (χ2n) is 9.72. The molecule has 2 fully saturated rings. The third-order valence-corrected chi connectivity index (χ3v) is 8.18. The Kier molecular flexibility index (Phi) is 6.78. The average molecular weight is 548 g/mol. The minimum atomic E-state index is -1.34. The highest BCUT2D eigenvalue weighted by Gasteiger charge is 2.69. The number of fused-ring (bicyclic) bond motifs is 3. The Morgan fingerprint density at radius 3 is 2.42 bits per heavy atom. The molecule has 6 nitrogen and oxygen atoms in total. The highest BCUT2D eigenvalue weighted by atomic mass is 79.9. The topological polar surface area (TPSA) is 78.6 Å². The summed E-state index contributed by atoms with van der Waals surface area (Å²) in [6.45, 7) is 2.64. The molecule has 3 heterocycles. The lowest BCUT2D eigenvalue weighted by atomic mass is 9.72. The molecule has 3 aliphatic rings. The molecule has 6 rings (SSSR count). The van der Waals surface area contributed by atoms with Crippen LogP contribution in [0, 0.1) is 11.3 Å². The Balaban J connectivity index is 0.000000391. The van der Waals surface area contributed by atoms with Gasteiger partial charge in [0, 0.05) is 16.5 Å². The van der Waals surface area contributed by atoms with E-state index in [0.29, 0.717) is 17.7 Å². The number of likely N-dealkylation sites (tertiary alicyclic amines) is 1. The summed E-state index contributed by atoms with van der Waals surface area (Å²) >= 11 is 3.50. The minimum Gasteiger partial charge on any atom is -0.481 e. The molecule has 1 saturated carbocycles.